The first-order valence-corrected chi connectivity index (χ1v) is 8.39. The van der Waals surface area contributed by atoms with E-state index in [0.29, 0.717) is 0 Å². The Morgan fingerprint density at radius 1 is 1.48 bits per heavy atom. The fraction of sp³-hybridized carbons (Fsp3) is 0.471. The predicted molar refractivity (Wildman–Crippen MR) is 84.8 cm³/mol. The molecule has 3 rings (SSSR count). The topological polar surface area (TPSA) is 42.2 Å². The molecule has 1 amide bonds. The van der Waals surface area contributed by atoms with Gasteiger partial charge in [0.25, 0.3) is 5.91 Å². The van der Waals surface area contributed by atoms with Crippen molar-refractivity contribution in [2.75, 3.05) is 0 Å². The molecule has 2 heterocycles. The summed E-state index contributed by atoms with van der Waals surface area (Å²) in [6.45, 7) is 6.15. The van der Waals surface area contributed by atoms with Crippen LogP contribution in [0.5, 0.6) is 0 Å². The standard InChI is InChI=1S/C17H21NO2S/c1-10-4-6-13-14(9-21-16(13)8-10)17(19)18-12(3)15-7-5-11(2)20-15/h5,7,9-10,12H,4,6,8H2,1-3H3,(H,18,19). The van der Waals surface area contributed by atoms with Gasteiger partial charge in [-0.05, 0) is 56.7 Å². The van der Waals surface area contributed by atoms with Gasteiger partial charge in [0.15, 0.2) is 0 Å². The molecule has 0 saturated heterocycles. The molecular weight excluding hydrogens is 282 g/mol. The SMILES string of the molecule is Cc1ccc(C(C)NC(=O)c2csc3c2CCC(C)C3)o1. The molecule has 1 aliphatic carbocycles. The molecule has 0 radical (unpaired) electrons. The number of furan rings is 1. The number of carbonyl (C=O) groups is 1. The first-order chi connectivity index (χ1) is 10.0. The van der Waals surface area contributed by atoms with Crippen molar-refractivity contribution in [3.05, 3.63) is 45.0 Å². The smallest absolute Gasteiger partial charge is 0.252 e. The molecule has 3 nitrogen and oxygen atoms in total. The maximum absolute atomic E-state index is 12.5. The summed E-state index contributed by atoms with van der Waals surface area (Å²) < 4.78 is 5.58. The molecule has 1 N–H and O–H groups in total. The van der Waals surface area contributed by atoms with Crippen LogP contribution < -0.4 is 5.32 Å². The minimum Gasteiger partial charge on any atom is -0.464 e. The highest BCUT2D eigenvalue weighted by molar-refractivity contribution is 7.10. The van der Waals surface area contributed by atoms with Crippen molar-refractivity contribution < 1.29 is 9.21 Å². The second-order valence-corrected chi connectivity index (χ2v) is 7.01. The van der Waals surface area contributed by atoms with Gasteiger partial charge in [0.1, 0.15) is 11.5 Å². The van der Waals surface area contributed by atoms with Crippen molar-refractivity contribution >= 4 is 17.2 Å². The minimum atomic E-state index is -0.107. The number of fused-ring (bicyclic) bond motifs is 1. The minimum absolute atomic E-state index is 0.0172. The van der Waals surface area contributed by atoms with Crippen LogP contribution in [-0.4, -0.2) is 5.91 Å². The van der Waals surface area contributed by atoms with E-state index in [-0.39, 0.29) is 11.9 Å². The molecule has 0 aromatic carbocycles. The summed E-state index contributed by atoms with van der Waals surface area (Å²) in [5.74, 6) is 2.42. The predicted octanol–water partition coefficient (Wildman–Crippen LogP) is 4.27. The maximum Gasteiger partial charge on any atom is 0.252 e. The summed E-state index contributed by atoms with van der Waals surface area (Å²) in [5.41, 5.74) is 2.12. The van der Waals surface area contributed by atoms with E-state index in [1.807, 2.05) is 31.4 Å². The molecule has 0 spiro atoms. The number of hydrogen-bond acceptors (Lipinski definition) is 3. The summed E-state index contributed by atoms with van der Waals surface area (Å²) >= 11 is 1.73. The zero-order valence-corrected chi connectivity index (χ0v) is 13.5. The van der Waals surface area contributed by atoms with Gasteiger partial charge in [-0.1, -0.05) is 6.92 Å². The largest absolute Gasteiger partial charge is 0.464 e. The van der Waals surface area contributed by atoms with E-state index >= 15 is 0 Å². The summed E-state index contributed by atoms with van der Waals surface area (Å²) in [6.07, 6.45) is 3.31. The Balaban J connectivity index is 1.74. The third-order valence-corrected chi connectivity index (χ3v) is 5.23. The number of aryl methyl sites for hydroxylation is 1. The Bertz CT molecular complexity index is 656. The molecular formula is C17H21NO2S. The van der Waals surface area contributed by atoms with Crippen LogP contribution >= 0.6 is 11.3 Å². The van der Waals surface area contributed by atoms with E-state index in [2.05, 4.69) is 12.2 Å². The Morgan fingerprint density at radius 3 is 3.00 bits per heavy atom. The highest BCUT2D eigenvalue weighted by Gasteiger charge is 2.24. The molecule has 0 fully saturated rings. The fourth-order valence-electron chi connectivity index (χ4n) is 2.90. The van der Waals surface area contributed by atoms with Gasteiger partial charge in [0.05, 0.1) is 11.6 Å². The third kappa shape index (κ3) is 2.91. The van der Waals surface area contributed by atoms with Gasteiger partial charge in [-0.25, -0.2) is 0 Å². The fourth-order valence-corrected chi connectivity index (χ4v) is 4.14. The third-order valence-electron chi connectivity index (χ3n) is 4.18. The second-order valence-electron chi connectivity index (χ2n) is 6.04. The van der Waals surface area contributed by atoms with Gasteiger partial charge in [0, 0.05) is 10.3 Å². The maximum atomic E-state index is 12.5. The quantitative estimate of drug-likeness (QED) is 0.920. The van der Waals surface area contributed by atoms with Crippen molar-refractivity contribution in [2.24, 2.45) is 5.92 Å². The highest BCUT2D eigenvalue weighted by Crippen LogP contribution is 2.33. The van der Waals surface area contributed by atoms with Crippen molar-refractivity contribution in [3.63, 3.8) is 0 Å². The number of thiophene rings is 1. The molecule has 4 heteroatoms. The summed E-state index contributed by atoms with van der Waals surface area (Å²) in [5, 5.41) is 5.06. The van der Waals surface area contributed by atoms with E-state index in [4.69, 9.17) is 4.42 Å². The van der Waals surface area contributed by atoms with Crippen LogP contribution in [-0.2, 0) is 12.8 Å². The van der Waals surface area contributed by atoms with E-state index in [1.54, 1.807) is 11.3 Å². The number of hydrogen-bond donors (Lipinski definition) is 1. The number of amides is 1. The molecule has 1 aliphatic rings. The number of rotatable bonds is 3. The molecule has 0 bridgehead atoms. The Labute approximate surface area is 129 Å². The van der Waals surface area contributed by atoms with Crippen molar-refractivity contribution in [1.82, 2.24) is 5.32 Å². The average molecular weight is 303 g/mol. The van der Waals surface area contributed by atoms with Crippen LogP contribution in [0.4, 0.5) is 0 Å². The van der Waals surface area contributed by atoms with Crippen molar-refractivity contribution in [3.8, 4) is 0 Å². The van der Waals surface area contributed by atoms with Crippen LogP contribution in [0.1, 0.15) is 58.6 Å². The Kier molecular flexibility index (Phi) is 3.89. The van der Waals surface area contributed by atoms with Crippen molar-refractivity contribution in [2.45, 2.75) is 46.1 Å². The lowest BCUT2D eigenvalue weighted by molar-refractivity contribution is 0.0934. The monoisotopic (exact) mass is 303 g/mol. The lowest BCUT2D eigenvalue weighted by Gasteiger charge is -2.19. The summed E-state index contributed by atoms with van der Waals surface area (Å²) in [7, 11) is 0. The van der Waals surface area contributed by atoms with Gasteiger partial charge in [-0.2, -0.15) is 0 Å². The molecule has 0 aliphatic heterocycles. The summed E-state index contributed by atoms with van der Waals surface area (Å²) in [6, 6.07) is 3.74. The van der Waals surface area contributed by atoms with Gasteiger partial charge in [0.2, 0.25) is 0 Å². The molecule has 2 unspecified atom stereocenters. The molecule has 2 atom stereocenters. The van der Waals surface area contributed by atoms with E-state index < -0.39 is 0 Å². The molecule has 112 valence electrons. The molecule has 2 aromatic rings. The van der Waals surface area contributed by atoms with Crippen molar-refractivity contribution in [1.29, 1.82) is 0 Å². The van der Waals surface area contributed by atoms with Crippen LogP contribution in [0.15, 0.2) is 21.9 Å². The molecule has 2 aromatic heterocycles. The molecule has 21 heavy (non-hydrogen) atoms. The first kappa shape index (κ1) is 14.4. The molecule has 0 saturated carbocycles. The summed E-state index contributed by atoms with van der Waals surface area (Å²) in [4.78, 5) is 13.9. The lowest BCUT2D eigenvalue weighted by Crippen LogP contribution is -2.27. The van der Waals surface area contributed by atoms with Gasteiger partial charge in [-0.3, -0.25) is 4.79 Å². The zero-order chi connectivity index (χ0) is 15.0. The second kappa shape index (κ2) is 5.68. The zero-order valence-electron chi connectivity index (χ0n) is 12.7. The van der Waals surface area contributed by atoms with E-state index in [9.17, 15) is 4.79 Å². The highest BCUT2D eigenvalue weighted by atomic mass is 32.1. The number of nitrogens with one attached hydrogen (secondary N) is 1. The normalized spacial score (nSPS) is 19.1. The van der Waals surface area contributed by atoms with Crippen LogP contribution in [0.25, 0.3) is 0 Å². The van der Waals surface area contributed by atoms with Crippen LogP contribution in [0.2, 0.25) is 0 Å². The Hall–Kier alpha value is -1.55. The first-order valence-electron chi connectivity index (χ1n) is 7.51. The lowest BCUT2D eigenvalue weighted by atomic mass is 9.88. The van der Waals surface area contributed by atoms with Crippen LogP contribution in [0, 0.1) is 12.8 Å². The van der Waals surface area contributed by atoms with Gasteiger partial charge in [-0.15, -0.1) is 11.3 Å². The van der Waals surface area contributed by atoms with Gasteiger partial charge < -0.3 is 9.73 Å². The van der Waals surface area contributed by atoms with Crippen LogP contribution in [0.3, 0.4) is 0 Å². The van der Waals surface area contributed by atoms with Gasteiger partial charge >= 0.3 is 0 Å². The van der Waals surface area contributed by atoms with E-state index in [1.165, 1.54) is 16.9 Å². The number of carbonyl (C=O) groups excluding carboxylic acids is 1. The van der Waals surface area contributed by atoms with E-state index in [0.717, 1.165) is 35.8 Å². The average Bonchev–Trinajstić information content (AvgIpc) is 3.04. The Morgan fingerprint density at radius 2 is 2.29 bits per heavy atom.